The summed E-state index contributed by atoms with van der Waals surface area (Å²) >= 11 is 5.76. The van der Waals surface area contributed by atoms with Crippen molar-refractivity contribution < 1.29 is 14.6 Å². The molecule has 2 N–H and O–H groups in total. The topological polar surface area (TPSA) is 58.6 Å². The molecule has 2 aromatic carbocycles. The van der Waals surface area contributed by atoms with E-state index in [0.717, 1.165) is 5.56 Å². The standard InChI is InChI=1S/C16H16ClNO3/c1-21-9-8-11-4-2-3-5-14(11)18-16(20)13-7-6-12(17)10-15(13)19/h2-7,10,19H,8-9H2,1H3,(H,18,20). The van der Waals surface area contributed by atoms with E-state index in [4.69, 9.17) is 16.3 Å². The van der Waals surface area contributed by atoms with Gasteiger partial charge in [0, 0.05) is 17.8 Å². The lowest BCUT2D eigenvalue weighted by molar-refractivity contribution is 0.102. The maximum atomic E-state index is 12.2. The van der Waals surface area contributed by atoms with Crippen LogP contribution in [-0.2, 0) is 11.2 Å². The summed E-state index contributed by atoms with van der Waals surface area (Å²) in [6.45, 7) is 0.569. The lowest BCUT2D eigenvalue weighted by atomic mass is 10.1. The third-order valence-corrected chi connectivity index (χ3v) is 3.28. The number of anilines is 1. The van der Waals surface area contributed by atoms with E-state index >= 15 is 0 Å². The largest absolute Gasteiger partial charge is 0.507 e. The van der Waals surface area contributed by atoms with Gasteiger partial charge < -0.3 is 15.2 Å². The quantitative estimate of drug-likeness (QED) is 0.889. The average Bonchev–Trinajstić information content (AvgIpc) is 2.46. The van der Waals surface area contributed by atoms with E-state index in [1.54, 1.807) is 13.2 Å². The number of hydrogen-bond donors (Lipinski definition) is 2. The van der Waals surface area contributed by atoms with Crippen LogP contribution in [0.5, 0.6) is 5.75 Å². The lowest BCUT2D eigenvalue weighted by Gasteiger charge is -2.11. The molecular weight excluding hydrogens is 290 g/mol. The number of benzene rings is 2. The Morgan fingerprint density at radius 2 is 2.05 bits per heavy atom. The Morgan fingerprint density at radius 3 is 2.76 bits per heavy atom. The van der Waals surface area contributed by atoms with Crippen molar-refractivity contribution in [2.75, 3.05) is 19.0 Å². The fourth-order valence-corrected chi connectivity index (χ4v) is 2.13. The van der Waals surface area contributed by atoms with E-state index in [-0.39, 0.29) is 17.2 Å². The van der Waals surface area contributed by atoms with Crippen LogP contribution in [0.1, 0.15) is 15.9 Å². The summed E-state index contributed by atoms with van der Waals surface area (Å²) in [5, 5.41) is 13.0. The minimum Gasteiger partial charge on any atom is -0.507 e. The molecule has 1 amide bonds. The van der Waals surface area contributed by atoms with E-state index in [2.05, 4.69) is 5.32 Å². The van der Waals surface area contributed by atoms with Gasteiger partial charge in [-0.05, 0) is 36.2 Å². The SMILES string of the molecule is COCCc1ccccc1NC(=O)c1ccc(Cl)cc1O. The van der Waals surface area contributed by atoms with Gasteiger partial charge in [-0.3, -0.25) is 4.79 Å². The molecule has 0 aliphatic carbocycles. The first-order chi connectivity index (χ1) is 10.1. The fraction of sp³-hybridized carbons (Fsp3) is 0.188. The van der Waals surface area contributed by atoms with Crippen LogP contribution in [0.4, 0.5) is 5.69 Å². The summed E-state index contributed by atoms with van der Waals surface area (Å²) in [5.74, 6) is -0.525. The molecule has 0 saturated carbocycles. The third-order valence-electron chi connectivity index (χ3n) is 3.05. The Bertz CT molecular complexity index is 643. The highest BCUT2D eigenvalue weighted by molar-refractivity contribution is 6.31. The first-order valence-corrected chi connectivity index (χ1v) is 6.86. The van der Waals surface area contributed by atoms with E-state index in [9.17, 15) is 9.90 Å². The van der Waals surface area contributed by atoms with E-state index < -0.39 is 0 Å². The number of aromatic hydroxyl groups is 1. The summed E-state index contributed by atoms with van der Waals surface area (Å²) < 4.78 is 5.06. The molecule has 0 unspecified atom stereocenters. The van der Waals surface area contributed by atoms with Gasteiger partial charge in [0.2, 0.25) is 0 Å². The first-order valence-electron chi connectivity index (χ1n) is 6.48. The molecule has 0 saturated heterocycles. The van der Waals surface area contributed by atoms with Crippen molar-refractivity contribution in [2.24, 2.45) is 0 Å². The summed E-state index contributed by atoms with van der Waals surface area (Å²) in [6.07, 6.45) is 0.694. The number of rotatable bonds is 5. The normalized spacial score (nSPS) is 10.4. The number of phenolic OH excluding ortho intramolecular Hbond substituents is 1. The molecule has 0 aliphatic heterocycles. The van der Waals surface area contributed by atoms with Crippen molar-refractivity contribution >= 4 is 23.2 Å². The van der Waals surface area contributed by atoms with Gasteiger partial charge in [0.1, 0.15) is 5.75 Å². The summed E-state index contributed by atoms with van der Waals surface area (Å²) in [5.41, 5.74) is 1.86. The van der Waals surface area contributed by atoms with Crippen LogP contribution in [0, 0.1) is 0 Å². The monoisotopic (exact) mass is 305 g/mol. The maximum absolute atomic E-state index is 12.2. The molecule has 0 spiro atoms. The molecule has 110 valence electrons. The summed E-state index contributed by atoms with van der Waals surface area (Å²) in [7, 11) is 1.63. The van der Waals surface area contributed by atoms with Crippen LogP contribution in [0.25, 0.3) is 0 Å². The summed E-state index contributed by atoms with van der Waals surface area (Å²) in [6, 6.07) is 11.9. The van der Waals surface area contributed by atoms with Gasteiger partial charge in [0.05, 0.1) is 12.2 Å². The van der Waals surface area contributed by atoms with Crippen molar-refractivity contribution in [3.8, 4) is 5.75 Å². The van der Waals surface area contributed by atoms with Crippen LogP contribution < -0.4 is 5.32 Å². The van der Waals surface area contributed by atoms with Crippen molar-refractivity contribution in [1.29, 1.82) is 0 Å². The van der Waals surface area contributed by atoms with Crippen LogP contribution in [0.3, 0.4) is 0 Å². The number of carbonyl (C=O) groups is 1. The molecule has 21 heavy (non-hydrogen) atoms. The number of nitrogens with one attached hydrogen (secondary N) is 1. The van der Waals surface area contributed by atoms with Gasteiger partial charge in [0.15, 0.2) is 0 Å². The molecule has 0 bridgehead atoms. The fourth-order valence-electron chi connectivity index (χ4n) is 1.96. The number of hydrogen-bond acceptors (Lipinski definition) is 3. The van der Waals surface area contributed by atoms with Gasteiger partial charge in [0.25, 0.3) is 5.91 Å². The lowest BCUT2D eigenvalue weighted by Crippen LogP contribution is -2.14. The molecule has 0 atom stereocenters. The molecule has 2 aromatic rings. The zero-order chi connectivity index (χ0) is 15.2. The number of methoxy groups -OCH3 is 1. The zero-order valence-corrected chi connectivity index (χ0v) is 12.4. The highest BCUT2D eigenvalue weighted by Crippen LogP contribution is 2.24. The van der Waals surface area contributed by atoms with Crippen molar-refractivity contribution in [2.45, 2.75) is 6.42 Å². The van der Waals surface area contributed by atoms with Crippen LogP contribution in [-0.4, -0.2) is 24.7 Å². The summed E-state index contributed by atoms with van der Waals surface area (Å²) in [4.78, 5) is 12.2. The van der Waals surface area contributed by atoms with Crippen molar-refractivity contribution in [3.05, 3.63) is 58.6 Å². The number of ether oxygens (including phenoxy) is 1. The van der Waals surface area contributed by atoms with Gasteiger partial charge in [-0.2, -0.15) is 0 Å². The van der Waals surface area contributed by atoms with Gasteiger partial charge in [-0.1, -0.05) is 29.8 Å². The average molecular weight is 306 g/mol. The Labute approximate surface area is 128 Å². The second-order valence-electron chi connectivity index (χ2n) is 4.52. The molecule has 0 heterocycles. The van der Waals surface area contributed by atoms with Crippen LogP contribution in [0.15, 0.2) is 42.5 Å². The van der Waals surface area contributed by atoms with E-state index in [1.807, 2.05) is 24.3 Å². The minimum absolute atomic E-state index is 0.144. The highest BCUT2D eigenvalue weighted by Gasteiger charge is 2.13. The Kier molecular flexibility index (Phi) is 5.20. The van der Waals surface area contributed by atoms with Gasteiger partial charge in [-0.25, -0.2) is 0 Å². The molecule has 0 aliphatic rings. The predicted molar refractivity (Wildman–Crippen MR) is 83.1 cm³/mol. The van der Waals surface area contributed by atoms with Gasteiger partial charge >= 0.3 is 0 Å². The molecular formula is C16H16ClNO3. The zero-order valence-electron chi connectivity index (χ0n) is 11.6. The van der Waals surface area contributed by atoms with E-state index in [1.165, 1.54) is 12.1 Å². The second-order valence-corrected chi connectivity index (χ2v) is 4.95. The Balaban J connectivity index is 2.19. The maximum Gasteiger partial charge on any atom is 0.259 e. The molecule has 5 heteroatoms. The number of para-hydroxylation sites is 1. The smallest absolute Gasteiger partial charge is 0.259 e. The minimum atomic E-state index is -0.381. The van der Waals surface area contributed by atoms with Crippen molar-refractivity contribution in [3.63, 3.8) is 0 Å². The van der Waals surface area contributed by atoms with Crippen LogP contribution >= 0.6 is 11.6 Å². The van der Waals surface area contributed by atoms with Crippen LogP contribution in [0.2, 0.25) is 5.02 Å². The highest BCUT2D eigenvalue weighted by atomic mass is 35.5. The Hall–Kier alpha value is -2.04. The molecule has 2 rings (SSSR count). The predicted octanol–water partition coefficient (Wildman–Crippen LogP) is 3.49. The van der Waals surface area contributed by atoms with Crippen molar-refractivity contribution in [1.82, 2.24) is 0 Å². The Morgan fingerprint density at radius 1 is 1.29 bits per heavy atom. The van der Waals surface area contributed by atoms with Gasteiger partial charge in [-0.15, -0.1) is 0 Å². The number of carbonyl (C=O) groups excluding carboxylic acids is 1. The molecule has 0 fully saturated rings. The molecule has 0 aromatic heterocycles. The molecule has 0 radical (unpaired) electrons. The third kappa shape index (κ3) is 3.97. The molecule has 4 nitrogen and oxygen atoms in total. The first kappa shape index (κ1) is 15.4. The number of amides is 1. The number of phenols is 1. The van der Waals surface area contributed by atoms with E-state index in [0.29, 0.717) is 23.7 Å². The number of halogens is 1. The second kappa shape index (κ2) is 7.11.